The van der Waals surface area contributed by atoms with Crippen LogP contribution in [0.2, 0.25) is 0 Å². The van der Waals surface area contributed by atoms with E-state index in [1.165, 1.54) is 18.5 Å². The summed E-state index contributed by atoms with van der Waals surface area (Å²) in [6.07, 6.45) is 7.39. The Morgan fingerprint density at radius 3 is 2.66 bits per heavy atom. The van der Waals surface area contributed by atoms with Crippen LogP contribution in [0.4, 0.5) is 5.95 Å². The first-order valence-electron chi connectivity index (χ1n) is 10.4. The summed E-state index contributed by atoms with van der Waals surface area (Å²) in [6.45, 7) is 5.00. The minimum absolute atomic E-state index is 0.0480. The zero-order valence-electron chi connectivity index (χ0n) is 17.3. The second-order valence-corrected chi connectivity index (χ2v) is 7.75. The van der Waals surface area contributed by atoms with E-state index in [4.69, 9.17) is 4.74 Å². The van der Waals surface area contributed by atoms with Crippen LogP contribution in [-0.4, -0.2) is 65.2 Å². The first kappa shape index (κ1) is 19.8. The van der Waals surface area contributed by atoms with Gasteiger partial charge in [-0.15, -0.1) is 0 Å². The van der Waals surface area contributed by atoms with Crippen molar-refractivity contribution in [1.82, 2.24) is 24.8 Å². The van der Waals surface area contributed by atoms with E-state index in [9.17, 15) is 4.79 Å². The number of hydrogen-bond acceptors (Lipinski definition) is 6. The molecule has 2 aliphatic heterocycles. The highest BCUT2D eigenvalue weighted by atomic mass is 16.5. The lowest BCUT2D eigenvalue weighted by Crippen LogP contribution is -2.37. The molecule has 2 aromatic rings. The second kappa shape index (κ2) is 8.92. The number of nitrogens with one attached hydrogen (secondary N) is 1. The molecule has 1 unspecified atom stereocenters. The highest BCUT2D eigenvalue weighted by Crippen LogP contribution is 2.33. The van der Waals surface area contributed by atoms with E-state index in [1.807, 2.05) is 30.1 Å². The Kier molecular flexibility index (Phi) is 6.10. The molecule has 2 aliphatic rings. The van der Waals surface area contributed by atoms with Crippen molar-refractivity contribution in [2.45, 2.75) is 31.8 Å². The molecule has 0 aromatic carbocycles. The standard InChI is InChI=1S/C21H30N6O2/c1-22-20(28)19-7-6-17(25(19)2)18-5-3-4-8-27(18)15-16-13-23-21(24-14-16)26-9-11-29-12-10-26/h6-7,13-14,18H,3-5,8-12,15H2,1-2H3,(H,22,28). The Hall–Kier alpha value is -2.45. The Bertz CT molecular complexity index is 828. The van der Waals surface area contributed by atoms with Gasteiger partial charge in [0.25, 0.3) is 5.91 Å². The van der Waals surface area contributed by atoms with Crippen molar-refractivity contribution < 1.29 is 9.53 Å². The Morgan fingerprint density at radius 2 is 1.93 bits per heavy atom. The number of nitrogens with zero attached hydrogens (tertiary/aromatic N) is 5. The molecule has 1 atom stereocenters. The number of morpholine rings is 1. The molecular weight excluding hydrogens is 368 g/mol. The molecule has 1 amide bonds. The monoisotopic (exact) mass is 398 g/mol. The first-order valence-corrected chi connectivity index (χ1v) is 10.4. The Morgan fingerprint density at radius 1 is 1.17 bits per heavy atom. The third-order valence-corrected chi connectivity index (χ3v) is 5.95. The normalized spacial score (nSPS) is 20.6. The van der Waals surface area contributed by atoms with Gasteiger partial charge >= 0.3 is 0 Å². The summed E-state index contributed by atoms with van der Waals surface area (Å²) in [4.78, 5) is 25.9. The average Bonchev–Trinajstić information content (AvgIpc) is 3.16. The Labute approximate surface area is 171 Å². The predicted molar refractivity (Wildman–Crippen MR) is 111 cm³/mol. The lowest BCUT2D eigenvalue weighted by Gasteiger charge is -2.36. The fourth-order valence-corrected chi connectivity index (χ4v) is 4.32. The van der Waals surface area contributed by atoms with Crippen LogP contribution in [0.25, 0.3) is 0 Å². The highest BCUT2D eigenvalue weighted by Gasteiger charge is 2.27. The lowest BCUT2D eigenvalue weighted by atomic mass is 9.98. The number of amides is 1. The van der Waals surface area contributed by atoms with Gasteiger partial charge in [-0.25, -0.2) is 9.97 Å². The van der Waals surface area contributed by atoms with Gasteiger partial charge < -0.3 is 19.5 Å². The number of likely N-dealkylation sites (tertiary alicyclic amines) is 1. The van der Waals surface area contributed by atoms with Crippen molar-refractivity contribution in [3.63, 3.8) is 0 Å². The molecule has 2 saturated heterocycles. The number of carbonyl (C=O) groups excluding carboxylic acids is 1. The van der Waals surface area contributed by atoms with Gasteiger partial charge in [-0.2, -0.15) is 0 Å². The topological polar surface area (TPSA) is 75.5 Å². The molecule has 8 nitrogen and oxygen atoms in total. The molecule has 0 radical (unpaired) electrons. The smallest absolute Gasteiger partial charge is 0.267 e. The summed E-state index contributed by atoms with van der Waals surface area (Å²) >= 11 is 0. The number of hydrogen-bond donors (Lipinski definition) is 1. The molecule has 4 rings (SSSR count). The molecule has 2 aromatic heterocycles. The van der Waals surface area contributed by atoms with Crippen molar-refractivity contribution >= 4 is 11.9 Å². The summed E-state index contributed by atoms with van der Waals surface area (Å²) in [5.41, 5.74) is 3.01. The van der Waals surface area contributed by atoms with E-state index in [2.05, 4.69) is 31.2 Å². The molecule has 156 valence electrons. The molecule has 8 heteroatoms. The maximum Gasteiger partial charge on any atom is 0.267 e. The summed E-state index contributed by atoms with van der Waals surface area (Å²) < 4.78 is 7.43. The molecule has 0 saturated carbocycles. The third-order valence-electron chi connectivity index (χ3n) is 5.95. The van der Waals surface area contributed by atoms with Gasteiger partial charge in [-0.05, 0) is 31.5 Å². The molecule has 0 spiro atoms. The third kappa shape index (κ3) is 4.28. The van der Waals surface area contributed by atoms with E-state index in [-0.39, 0.29) is 5.91 Å². The molecule has 1 N–H and O–H groups in total. The molecular formula is C21H30N6O2. The van der Waals surface area contributed by atoms with Crippen molar-refractivity contribution in [2.24, 2.45) is 7.05 Å². The van der Waals surface area contributed by atoms with E-state index in [0.29, 0.717) is 11.7 Å². The van der Waals surface area contributed by atoms with Crippen molar-refractivity contribution in [2.75, 3.05) is 44.8 Å². The quantitative estimate of drug-likeness (QED) is 0.827. The van der Waals surface area contributed by atoms with Crippen LogP contribution in [0.3, 0.4) is 0 Å². The summed E-state index contributed by atoms with van der Waals surface area (Å²) in [7, 11) is 3.65. The minimum Gasteiger partial charge on any atom is -0.378 e. The number of rotatable bonds is 5. The van der Waals surface area contributed by atoms with Crippen LogP contribution >= 0.6 is 0 Å². The van der Waals surface area contributed by atoms with Gasteiger partial charge in [0.2, 0.25) is 5.95 Å². The molecule has 4 heterocycles. The highest BCUT2D eigenvalue weighted by molar-refractivity contribution is 5.92. The van der Waals surface area contributed by atoms with Crippen LogP contribution in [0.1, 0.15) is 47.1 Å². The number of anilines is 1. The molecule has 0 aliphatic carbocycles. The summed E-state index contributed by atoms with van der Waals surface area (Å²) in [6, 6.07) is 4.30. The maximum atomic E-state index is 12.1. The zero-order chi connectivity index (χ0) is 20.2. The van der Waals surface area contributed by atoms with Crippen molar-refractivity contribution in [1.29, 1.82) is 0 Å². The average molecular weight is 399 g/mol. The van der Waals surface area contributed by atoms with E-state index in [1.54, 1.807) is 7.05 Å². The zero-order valence-corrected chi connectivity index (χ0v) is 17.3. The fraction of sp³-hybridized carbons (Fsp3) is 0.571. The van der Waals surface area contributed by atoms with E-state index in [0.717, 1.165) is 57.3 Å². The van der Waals surface area contributed by atoms with Crippen LogP contribution in [0.15, 0.2) is 24.5 Å². The first-order chi connectivity index (χ1) is 14.2. The van der Waals surface area contributed by atoms with Crippen molar-refractivity contribution in [3.8, 4) is 0 Å². The van der Waals surface area contributed by atoms with Crippen LogP contribution in [0, 0.1) is 0 Å². The SMILES string of the molecule is CNC(=O)c1ccc(C2CCCCN2Cc2cnc(N3CCOCC3)nc2)n1C. The molecule has 29 heavy (non-hydrogen) atoms. The van der Waals surface area contributed by atoms with Gasteiger partial charge in [0, 0.05) is 57.4 Å². The van der Waals surface area contributed by atoms with Crippen LogP contribution in [-0.2, 0) is 18.3 Å². The predicted octanol–water partition coefficient (Wildman–Crippen LogP) is 1.74. The largest absolute Gasteiger partial charge is 0.378 e. The van der Waals surface area contributed by atoms with Gasteiger partial charge in [-0.3, -0.25) is 9.69 Å². The van der Waals surface area contributed by atoms with Gasteiger partial charge in [0.15, 0.2) is 0 Å². The molecule has 2 fully saturated rings. The van der Waals surface area contributed by atoms with E-state index < -0.39 is 0 Å². The maximum absolute atomic E-state index is 12.1. The summed E-state index contributed by atoms with van der Waals surface area (Å²) in [5, 5.41) is 2.72. The van der Waals surface area contributed by atoms with Gasteiger partial charge in [-0.1, -0.05) is 6.42 Å². The van der Waals surface area contributed by atoms with Crippen LogP contribution in [0.5, 0.6) is 0 Å². The second-order valence-electron chi connectivity index (χ2n) is 7.75. The Balaban J connectivity index is 1.48. The minimum atomic E-state index is -0.0480. The van der Waals surface area contributed by atoms with Gasteiger partial charge in [0.05, 0.1) is 19.3 Å². The molecule has 0 bridgehead atoms. The van der Waals surface area contributed by atoms with Crippen LogP contribution < -0.4 is 10.2 Å². The summed E-state index contributed by atoms with van der Waals surface area (Å²) in [5.74, 6) is 0.734. The number of piperidine rings is 1. The van der Waals surface area contributed by atoms with Crippen molar-refractivity contribution in [3.05, 3.63) is 41.5 Å². The fourth-order valence-electron chi connectivity index (χ4n) is 4.32. The number of carbonyl (C=O) groups is 1. The van der Waals surface area contributed by atoms with Gasteiger partial charge in [0.1, 0.15) is 5.69 Å². The number of aromatic nitrogens is 3. The van der Waals surface area contributed by atoms with E-state index >= 15 is 0 Å². The lowest BCUT2D eigenvalue weighted by molar-refractivity contribution is 0.0952. The number of ether oxygens (including phenoxy) is 1.